The van der Waals surface area contributed by atoms with Crippen molar-refractivity contribution in [3.63, 3.8) is 0 Å². The van der Waals surface area contributed by atoms with Crippen LogP contribution in [0.3, 0.4) is 0 Å². The number of aromatic nitrogens is 2. The molecule has 0 saturated heterocycles. The summed E-state index contributed by atoms with van der Waals surface area (Å²) in [7, 11) is 1.61. The lowest BCUT2D eigenvalue weighted by atomic mass is 10.0. The molecule has 0 radical (unpaired) electrons. The van der Waals surface area contributed by atoms with Crippen LogP contribution in [-0.4, -0.2) is 23.9 Å². The zero-order valence-corrected chi connectivity index (χ0v) is 12.3. The Hall–Kier alpha value is -1.92. The minimum Gasteiger partial charge on any atom is -0.377 e. The van der Waals surface area contributed by atoms with Crippen molar-refractivity contribution in [2.75, 3.05) is 19.0 Å². The molecule has 3 rings (SSSR count). The van der Waals surface area contributed by atoms with Crippen molar-refractivity contribution >= 4 is 5.69 Å². The summed E-state index contributed by atoms with van der Waals surface area (Å²) >= 11 is 0. The SMILES string of the molecule is COCc1noc(C(C)Nc2cccc3c2CCOC3)n1. The Labute approximate surface area is 123 Å². The minimum atomic E-state index is -0.0579. The number of methoxy groups -OCH3 is 1. The van der Waals surface area contributed by atoms with Gasteiger partial charge in [-0.15, -0.1) is 0 Å². The van der Waals surface area contributed by atoms with Crippen LogP contribution in [0.4, 0.5) is 5.69 Å². The zero-order chi connectivity index (χ0) is 14.7. The van der Waals surface area contributed by atoms with E-state index in [1.807, 2.05) is 13.0 Å². The van der Waals surface area contributed by atoms with Crippen LogP contribution in [0.25, 0.3) is 0 Å². The third-order valence-corrected chi connectivity index (χ3v) is 3.53. The third-order valence-electron chi connectivity index (χ3n) is 3.53. The number of nitrogens with one attached hydrogen (secondary N) is 1. The molecule has 1 aromatic heterocycles. The van der Waals surface area contributed by atoms with Gasteiger partial charge in [0.2, 0.25) is 5.89 Å². The molecule has 21 heavy (non-hydrogen) atoms. The number of hydrogen-bond donors (Lipinski definition) is 1. The smallest absolute Gasteiger partial charge is 0.248 e. The molecule has 0 spiro atoms. The van der Waals surface area contributed by atoms with E-state index in [0.717, 1.165) is 18.7 Å². The fourth-order valence-corrected chi connectivity index (χ4v) is 2.48. The van der Waals surface area contributed by atoms with Crippen LogP contribution >= 0.6 is 0 Å². The highest BCUT2D eigenvalue weighted by molar-refractivity contribution is 5.56. The second-order valence-electron chi connectivity index (χ2n) is 5.09. The highest BCUT2D eigenvalue weighted by atomic mass is 16.5. The fraction of sp³-hybridized carbons (Fsp3) is 0.467. The third kappa shape index (κ3) is 3.06. The predicted molar refractivity (Wildman–Crippen MR) is 76.9 cm³/mol. The van der Waals surface area contributed by atoms with E-state index in [2.05, 4.69) is 27.6 Å². The summed E-state index contributed by atoms with van der Waals surface area (Å²) in [5.41, 5.74) is 3.66. The lowest BCUT2D eigenvalue weighted by Gasteiger charge is -2.22. The lowest BCUT2D eigenvalue weighted by molar-refractivity contribution is 0.111. The van der Waals surface area contributed by atoms with Crippen LogP contribution in [0.5, 0.6) is 0 Å². The summed E-state index contributed by atoms with van der Waals surface area (Å²) in [6, 6.07) is 6.16. The van der Waals surface area contributed by atoms with Gasteiger partial charge in [0.05, 0.1) is 13.2 Å². The summed E-state index contributed by atoms with van der Waals surface area (Å²) in [5.74, 6) is 1.12. The van der Waals surface area contributed by atoms with E-state index in [4.69, 9.17) is 14.0 Å². The molecule has 0 fully saturated rings. The number of rotatable bonds is 5. The first-order valence-electron chi connectivity index (χ1n) is 7.04. The normalized spacial score (nSPS) is 15.5. The number of nitrogens with zero attached hydrogens (tertiary/aromatic N) is 2. The van der Waals surface area contributed by atoms with Gasteiger partial charge in [0.1, 0.15) is 12.6 Å². The van der Waals surface area contributed by atoms with Crippen molar-refractivity contribution < 1.29 is 14.0 Å². The Morgan fingerprint density at radius 1 is 1.43 bits per heavy atom. The average molecular weight is 289 g/mol. The van der Waals surface area contributed by atoms with E-state index in [-0.39, 0.29) is 6.04 Å². The topological polar surface area (TPSA) is 69.4 Å². The van der Waals surface area contributed by atoms with E-state index >= 15 is 0 Å². The minimum absolute atomic E-state index is 0.0579. The van der Waals surface area contributed by atoms with Gasteiger partial charge in [0.25, 0.3) is 0 Å². The quantitative estimate of drug-likeness (QED) is 0.912. The molecule has 6 heteroatoms. The Bertz CT molecular complexity index is 612. The fourth-order valence-electron chi connectivity index (χ4n) is 2.48. The van der Waals surface area contributed by atoms with Crippen LogP contribution in [-0.2, 0) is 29.1 Å². The highest BCUT2D eigenvalue weighted by Gasteiger charge is 2.18. The van der Waals surface area contributed by atoms with Gasteiger partial charge in [-0.25, -0.2) is 0 Å². The van der Waals surface area contributed by atoms with Crippen molar-refractivity contribution in [1.29, 1.82) is 0 Å². The lowest BCUT2D eigenvalue weighted by Crippen LogP contribution is -2.15. The molecule has 1 N–H and O–H groups in total. The molecule has 112 valence electrons. The number of ether oxygens (including phenoxy) is 2. The molecule has 2 aromatic rings. The molecule has 1 aromatic carbocycles. The summed E-state index contributed by atoms with van der Waals surface area (Å²) < 4.78 is 15.7. The monoisotopic (exact) mass is 289 g/mol. The van der Waals surface area contributed by atoms with Crippen molar-refractivity contribution in [2.45, 2.75) is 32.6 Å². The van der Waals surface area contributed by atoms with Gasteiger partial charge in [0.15, 0.2) is 5.82 Å². The maximum atomic E-state index is 5.49. The number of anilines is 1. The number of fused-ring (bicyclic) bond motifs is 1. The molecule has 0 aliphatic carbocycles. The molecule has 0 amide bonds. The second kappa shape index (κ2) is 6.24. The van der Waals surface area contributed by atoms with Gasteiger partial charge in [0, 0.05) is 12.8 Å². The Morgan fingerprint density at radius 3 is 3.19 bits per heavy atom. The first kappa shape index (κ1) is 14.0. The van der Waals surface area contributed by atoms with Gasteiger partial charge < -0.3 is 19.3 Å². The number of hydrogen-bond acceptors (Lipinski definition) is 6. The highest BCUT2D eigenvalue weighted by Crippen LogP contribution is 2.27. The van der Waals surface area contributed by atoms with E-state index in [0.29, 0.717) is 24.9 Å². The Balaban J connectivity index is 1.76. The number of benzene rings is 1. The van der Waals surface area contributed by atoms with Gasteiger partial charge in [-0.05, 0) is 30.5 Å². The summed E-state index contributed by atoms with van der Waals surface area (Å²) in [4.78, 5) is 4.32. The van der Waals surface area contributed by atoms with Gasteiger partial charge in [-0.3, -0.25) is 0 Å². The molecule has 1 aliphatic rings. The van der Waals surface area contributed by atoms with Crippen LogP contribution < -0.4 is 5.32 Å². The molecule has 1 unspecified atom stereocenters. The van der Waals surface area contributed by atoms with E-state index in [9.17, 15) is 0 Å². The largest absolute Gasteiger partial charge is 0.377 e. The van der Waals surface area contributed by atoms with Gasteiger partial charge in [-0.2, -0.15) is 4.98 Å². The maximum absolute atomic E-state index is 5.49. The van der Waals surface area contributed by atoms with Crippen LogP contribution in [0.15, 0.2) is 22.7 Å². The van der Waals surface area contributed by atoms with Crippen LogP contribution in [0, 0.1) is 0 Å². The Kier molecular flexibility index (Phi) is 4.17. The molecule has 0 saturated carbocycles. The molecule has 2 heterocycles. The van der Waals surface area contributed by atoms with E-state index < -0.39 is 0 Å². The van der Waals surface area contributed by atoms with Crippen molar-refractivity contribution in [2.24, 2.45) is 0 Å². The molecular formula is C15H19N3O3. The summed E-state index contributed by atoms with van der Waals surface area (Å²) in [6.07, 6.45) is 0.921. The van der Waals surface area contributed by atoms with Crippen molar-refractivity contribution in [3.8, 4) is 0 Å². The molecule has 0 bridgehead atoms. The zero-order valence-electron chi connectivity index (χ0n) is 12.3. The first-order chi connectivity index (χ1) is 10.3. The predicted octanol–water partition coefficient (Wildman–Crippen LogP) is 2.46. The van der Waals surface area contributed by atoms with Crippen LogP contribution in [0.2, 0.25) is 0 Å². The maximum Gasteiger partial charge on any atom is 0.248 e. The standard InChI is InChI=1S/C15H19N3O3/c1-10(15-17-14(9-19-2)18-21-15)16-13-5-3-4-11-8-20-7-6-12(11)13/h3-5,10,16H,6-9H2,1-2H3. The van der Waals surface area contributed by atoms with Crippen LogP contribution in [0.1, 0.15) is 35.8 Å². The molecule has 1 atom stereocenters. The van der Waals surface area contributed by atoms with Gasteiger partial charge >= 0.3 is 0 Å². The Morgan fingerprint density at radius 2 is 2.33 bits per heavy atom. The average Bonchev–Trinajstić information content (AvgIpc) is 2.97. The molecule has 6 nitrogen and oxygen atoms in total. The van der Waals surface area contributed by atoms with E-state index in [1.165, 1.54) is 11.1 Å². The summed E-state index contributed by atoms with van der Waals surface area (Å²) in [6.45, 7) is 3.80. The summed E-state index contributed by atoms with van der Waals surface area (Å²) in [5, 5.41) is 7.33. The second-order valence-corrected chi connectivity index (χ2v) is 5.09. The molecular weight excluding hydrogens is 270 g/mol. The van der Waals surface area contributed by atoms with Gasteiger partial charge in [-0.1, -0.05) is 17.3 Å². The van der Waals surface area contributed by atoms with E-state index in [1.54, 1.807) is 7.11 Å². The molecule has 1 aliphatic heterocycles. The van der Waals surface area contributed by atoms with Crippen molar-refractivity contribution in [3.05, 3.63) is 41.0 Å². The first-order valence-corrected chi connectivity index (χ1v) is 7.04. The van der Waals surface area contributed by atoms with Crippen molar-refractivity contribution in [1.82, 2.24) is 10.1 Å².